The van der Waals surface area contributed by atoms with Crippen molar-refractivity contribution < 1.29 is 8.42 Å². The van der Waals surface area contributed by atoms with Crippen LogP contribution in [0.5, 0.6) is 0 Å². The highest BCUT2D eigenvalue weighted by Crippen LogP contribution is 2.29. The zero-order valence-electron chi connectivity index (χ0n) is 11.3. The summed E-state index contributed by atoms with van der Waals surface area (Å²) in [6.07, 6.45) is 1.50. The fraction of sp³-hybridized carbons (Fsp3) is 0.267. The highest BCUT2D eigenvalue weighted by Gasteiger charge is 2.26. The number of aromatic nitrogens is 1. The Bertz CT molecular complexity index is 679. The highest BCUT2D eigenvalue weighted by atomic mass is 32.2. The number of nitrogens with zero attached hydrogens (tertiary/aromatic N) is 1. The van der Waals surface area contributed by atoms with Gasteiger partial charge in [0.25, 0.3) is 0 Å². The summed E-state index contributed by atoms with van der Waals surface area (Å²) < 4.78 is 25.0. The van der Waals surface area contributed by atoms with Gasteiger partial charge in [-0.1, -0.05) is 29.8 Å². The predicted molar refractivity (Wildman–Crippen MR) is 75.8 cm³/mol. The van der Waals surface area contributed by atoms with Crippen molar-refractivity contribution in [3.05, 3.63) is 59.3 Å². The number of rotatable bonds is 3. The van der Waals surface area contributed by atoms with E-state index in [1.54, 1.807) is 19.1 Å². The first kappa shape index (κ1) is 13.7. The lowest BCUT2D eigenvalue weighted by atomic mass is 10.0. The second kappa shape index (κ2) is 5.13. The summed E-state index contributed by atoms with van der Waals surface area (Å²) in [6, 6.07) is 10.8. The number of aryl methyl sites for hydroxylation is 2. The van der Waals surface area contributed by atoms with E-state index in [1.807, 2.05) is 32.0 Å². The zero-order valence-corrected chi connectivity index (χ0v) is 12.1. The van der Waals surface area contributed by atoms with Crippen LogP contribution in [-0.2, 0) is 9.84 Å². The van der Waals surface area contributed by atoms with E-state index in [4.69, 9.17) is 0 Å². The van der Waals surface area contributed by atoms with Gasteiger partial charge in [-0.15, -0.1) is 0 Å². The molecule has 2 rings (SSSR count). The molecule has 3 nitrogen and oxygen atoms in total. The Kier molecular flexibility index (Phi) is 3.71. The van der Waals surface area contributed by atoms with Crippen molar-refractivity contribution in [2.45, 2.75) is 31.0 Å². The van der Waals surface area contributed by atoms with Gasteiger partial charge in [0.15, 0.2) is 5.03 Å². The first-order valence-corrected chi connectivity index (χ1v) is 7.69. The van der Waals surface area contributed by atoms with Gasteiger partial charge in [-0.3, -0.25) is 0 Å². The van der Waals surface area contributed by atoms with Crippen molar-refractivity contribution in [1.29, 1.82) is 0 Å². The largest absolute Gasteiger partial charge is 0.245 e. The Labute approximate surface area is 114 Å². The Morgan fingerprint density at radius 1 is 1.11 bits per heavy atom. The summed E-state index contributed by atoms with van der Waals surface area (Å²) in [7, 11) is -3.44. The maximum Gasteiger partial charge on any atom is 0.202 e. The van der Waals surface area contributed by atoms with Crippen molar-refractivity contribution in [2.24, 2.45) is 0 Å². The molecule has 4 heteroatoms. The van der Waals surface area contributed by atoms with Gasteiger partial charge in [0.2, 0.25) is 9.84 Å². The molecule has 0 saturated heterocycles. The maximum absolute atomic E-state index is 12.5. The van der Waals surface area contributed by atoms with E-state index in [1.165, 1.54) is 12.3 Å². The molecule has 100 valence electrons. The monoisotopic (exact) mass is 275 g/mol. The minimum absolute atomic E-state index is 0.127. The van der Waals surface area contributed by atoms with Crippen LogP contribution in [0.1, 0.15) is 28.9 Å². The molecule has 0 fully saturated rings. The van der Waals surface area contributed by atoms with Gasteiger partial charge in [0.05, 0.1) is 5.25 Å². The van der Waals surface area contributed by atoms with E-state index in [0.29, 0.717) is 0 Å². The maximum atomic E-state index is 12.5. The lowest BCUT2D eigenvalue weighted by Gasteiger charge is -2.15. The van der Waals surface area contributed by atoms with Crippen molar-refractivity contribution in [2.75, 3.05) is 0 Å². The summed E-state index contributed by atoms with van der Waals surface area (Å²) in [5.41, 5.74) is 2.95. The van der Waals surface area contributed by atoms with Crippen LogP contribution in [0.15, 0.2) is 47.6 Å². The Hall–Kier alpha value is -1.68. The third-order valence-electron chi connectivity index (χ3n) is 3.26. The van der Waals surface area contributed by atoms with E-state index < -0.39 is 15.1 Å². The van der Waals surface area contributed by atoms with E-state index in [2.05, 4.69) is 4.98 Å². The molecule has 1 heterocycles. The molecule has 0 aliphatic rings. The van der Waals surface area contributed by atoms with Gasteiger partial charge < -0.3 is 0 Å². The molecule has 0 saturated carbocycles. The van der Waals surface area contributed by atoms with E-state index in [-0.39, 0.29) is 5.03 Å². The normalized spacial score (nSPS) is 13.2. The highest BCUT2D eigenvalue weighted by molar-refractivity contribution is 7.91. The van der Waals surface area contributed by atoms with Crippen LogP contribution in [-0.4, -0.2) is 13.4 Å². The van der Waals surface area contributed by atoms with Gasteiger partial charge >= 0.3 is 0 Å². The Morgan fingerprint density at radius 3 is 2.42 bits per heavy atom. The number of benzene rings is 1. The topological polar surface area (TPSA) is 47.0 Å². The van der Waals surface area contributed by atoms with Gasteiger partial charge in [-0.2, -0.15) is 0 Å². The van der Waals surface area contributed by atoms with Crippen LogP contribution < -0.4 is 0 Å². The van der Waals surface area contributed by atoms with Crippen LogP contribution in [0.4, 0.5) is 0 Å². The third-order valence-corrected chi connectivity index (χ3v) is 5.27. The fourth-order valence-electron chi connectivity index (χ4n) is 2.15. The molecule has 0 aliphatic heterocycles. The Morgan fingerprint density at radius 2 is 1.84 bits per heavy atom. The minimum Gasteiger partial charge on any atom is -0.245 e. The van der Waals surface area contributed by atoms with Gasteiger partial charge in [-0.05, 0) is 44.0 Å². The third kappa shape index (κ3) is 2.68. The van der Waals surface area contributed by atoms with Crippen molar-refractivity contribution >= 4 is 9.84 Å². The van der Waals surface area contributed by atoms with Crippen molar-refractivity contribution in [3.8, 4) is 0 Å². The van der Waals surface area contributed by atoms with E-state index in [9.17, 15) is 8.42 Å². The van der Waals surface area contributed by atoms with Gasteiger partial charge in [0, 0.05) is 6.20 Å². The molecule has 1 atom stereocenters. The molecule has 1 aromatic carbocycles. The van der Waals surface area contributed by atoms with Crippen molar-refractivity contribution in [3.63, 3.8) is 0 Å². The fourth-order valence-corrected chi connectivity index (χ4v) is 3.58. The second-order valence-electron chi connectivity index (χ2n) is 4.72. The summed E-state index contributed by atoms with van der Waals surface area (Å²) in [6.45, 7) is 5.64. The first-order chi connectivity index (χ1) is 8.93. The number of hydrogen-bond acceptors (Lipinski definition) is 3. The molecule has 19 heavy (non-hydrogen) atoms. The molecule has 0 aliphatic carbocycles. The second-order valence-corrected chi connectivity index (χ2v) is 6.93. The minimum atomic E-state index is -3.44. The van der Waals surface area contributed by atoms with E-state index in [0.717, 1.165) is 16.7 Å². The molecule has 0 spiro atoms. The molecule has 1 aromatic heterocycles. The molecule has 2 aromatic rings. The van der Waals surface area contributed by atoms with Gasteiger partial charge in [0.1, 0.15) is 0 Å². The molecule has 1 unspecified atom stereocenters. The number of sulfone groups is 1. The summed E-state index contributed by atoms with van der Waals surface area (Å²) in [5, 5.41) is -0.467. The predicted octanol–water partition coefficient (Wildman–Crippen LogP) is 3.23. The van der Waals surface area contributed by atoms with Crippen molar-refractivity contribution in [1.82, 2.24) is 4.98 Å². The Balaban J connectivity index is 2.47. The lowest BCUT2D eigenvalue weighted by molar-refractivity contribution is 0.582. The standard InChI is InChI=1S/C15H17NO2S/c1-11-7-8-14(12(2)10-11)13(3)19(17,18)15-6-4-5-9-16-15/h4-10,13H,1-3H3. The smallest absolute Gasteiger partial charge is 0.202 e. The van der Waals surface area contributed by atoms with Crippen LogP contribution in [0.2, 0.25) is 0 Å². The molecule has 0 N–H and O–H groups in total. The summed E-state index contributed by atoms with van der Waals surface area (Å²) >= 11 is 0. The number of pyridine rings is 1. The van der Waals surface area contributed by atoms with E-state index >= 15 is 0 Å². The lowest BCUT2D eigenvalue weighted by Crippen LogP contribution is -2.13. The SMILES string of the molecule is Cc1ccc(C(C)S(=O)(=O)c2ccccn2)c(C)c1. The molecule has 0 amide bonds. The quantitative estimate of drug-likeness (QED) is 0.864. The zero-order chi connectivity index (χ0) is 14.0. The average molecular weight is 275 g/mol. The summed E-state index contributed by atoms with van der Waals surface area (Å²) in [5.74, 6) is 0. The average Bonchev–Trinajstić information content (AvgIpc) is 2.39. The molecular weight excluding hydrogens is 258 g/mol. The number of hydrogen-bond donors (Lipinski definition) is 0. The van der Waals surface area contributed by atoms with Crippen LogP contribution >= 0.6 is 0 Å². The first-order valence-electron chi connectivity index (χ1n) is 6.15. The molecule has 0 bridgehead atoms. The molecule has 0 radical (unpaired) electrons. The molecular formula is C15H17NO2S. The van der Waals surface area contributed by atoms with Crippen LogP contribution in [0, 0.1) is 13.8 Å². The van der Waals surface area contributed by atoms with Crippen LogP contribution in [0.25, 0.3) is 0 Å². The van der Waals surface area contributed by atoms with Crippen LogP contribution in [0.3, 0.4) is 0 Å². The van der Waals surface area contributed by atoms with Gasteiger partial charge in [-0.25, -0.2) is 13.4 Å². The summed E-state index contributed by atoms with van der Waals surface area (Å²) in [4.78, 5) is 3.96.